The number of amides is 2. The first-order valence-corrected chi connectivity index (χ1v) is 8.52. The largest absolute Gasteiger partial charge is 0.481 e. The Hall–Kier alpha value is -2.12. The smallest absolute Gasteiger partial charge is 0.317 e. The third-order valence-electron chi connectivity index (χ3n) is 4.99. The minimum absolute atomic E-state index is 0.246. The lowest BCUT2D eigenvalue weighted by molar-refractivity contribution is -0.141. The highest BCUT2D eigenvalue weighted by Gasteiger charge is 2.39. The van der Waals surface area contributed by atoms with Crippen molar-refractivity contribution >= 4 is 12.0 Å². The van der Waals surface area contributed by atoms with Crippen LogP contribution in [0.25, 0.3) is 0 Å². The highest BCUT2D eigenvalue weighted by Crippen LogP contribution is 2.33. The Labute approximate surface area is 146 Å². The fraction of sp³-hybridized carbons (Fsp3) is 0.556. The van der Waals surface area contributed by atoms with E-state index < -0.39 is 17.5 Å². The van der Waals surface area contributed by atoms with Gasteiger partial charge in [0.1, 0.15) is 5.60 Å². The average molecular weight is 348 g/mol. The first-order chi connectivity index (χ1) is 12.1. The van der Waals surface area contributed by atoms with Crippen LogP contribution in [0.4, 0.5) is 4.79 Å². The molecule has 0 bridgehead atoms. The molecule has 7 nitrogen and oxygen atoms in total. The van der Waals surface area contributed by atoms with Gasteiger partial charge in [0, 0.05) is 20.2 Å². The van der Waals surface area contributed by atoms with E-state index in [0.717, 1.165) is 12.0 Å². The Morgan fingerprint density at radius 2 is 2.24 bits per heavy atom. The molecule has 7 heteroatoms. The molecule has 2 heterocycles. The summed E-state index contributed by atoms with van der Waals surface area (Å²) in [4.78, 5) is 25.0. The second-order valence-corrected chi connectivity index (χ2v) is 6.61. The van der Waals surface area contributed by atoms with Crippen LogP contribution in [-0.2, 0) is 26.3 Å². The zero-order valence-corrected chi connectivity index (χ0v) is 14.4. The maximum absolute atomic E-state index is 12.4. The maximum atomic E-state index is 12.4. The van der Waals surface area contributed by atoms with Crippen molar-refractivity contribution in [2.75, 3.05) is 40.0 Å². The second kappa shape index (κ2) is 7.41. The predicted octanol–water partition coefficient (Wildman–Crippen LogP) is 1.22. The van der Waals surface area contributed by atoms with E-state index in [0.29, 0.717) is 26.2 Å². The lowest BCUT2D eigenvalue weighted by atomic mass is 9.86. The summed E-state index contributed by atoms with van der Waals surface area (Å²) in [6, 6.07) is 7.78. The number of carbonyl (C=O) groups is 2. The molecule has 2 amide bonds. The number of nitrogens with zero attached hydrogens (tertiary/aromatic N) is 1. The molecule has 25 heavy (non-hydrogen) atoms. The van der Waals surface area contributed by atoms with Gasteiger partial charge in [0.05, 0.1) is 25.7 Å². The number of carboxylic acids is 1. The average Bonchev–Trinajstić information content (AvgIpc) is 3.11. The van der Waals surface area contributed by atoms with Crippen molar-refractivity contribution in [1.29, 1.82) is 0 Å². The summed E-state index contributed by atoms with van der Waals surface area (Å²) in [6.45, 7) is 1.89. The molecule has 2 atom stereocenters. The standard InChI is InChI=1S/C18H24N2O5/c1-24-12-18(15-5-3-2-4-13(15)7-9-25-18)11-19-17(23)20-8-6-14(10-20)16(21)22/h2-5,14H,6-12H2,1H3,(H,19,23)(H,21,22). The fourth-order valence-electron chi connectivity index (χ4n) is 3.64. The molecular formula is C18H24N2O5. The molecular weight excluding hydrogens is 324 g/mol. The quantitative estimate of drug-likeness (QED) is 0.835. The topological polar surface area (TPSA) is 88.1 Å². The van der Waals surface area contributed by atoms with E-state index in [1.54, 1.807) is 12.0 Å². The molecule has 0 spiro atoms. The molecule has 2 aliphatic heterocycles. The van der Waals surface area contributed by atoms with Crippen LogP contribution in [0.2, 0.25) is 0 Å². The molecule has 1 saturated heterocycles. The van der Waals surface area contributed by atoms with Crippen LogP contribution in [-0.4, -0.2) is 62.0 Å². The number of rotatable bonds is 5. The third-order valence-corrected chi connectivity index (χ3v) is 4.99. The second-order valence-electron chi connectivity index (χ2n) is 6.61. The summed E-state index contributed by atoms with van der Waals surface area (Å²) in [6.07, 6.45) is 1.33. The molecule has 1 aromatic carbocycles. The van der Waals surface area contributed by atoms with E-state index >= 15 is 0 Å². The van der Waals surface area contributed by atoms with Gasteiger partial charge < -0.3 is 24.8 Å². The summed E-state index contributed by atoms with van der Waals surface area (Å²) in [5, 5.41) is 12.0. The number of ether oxygens (including phenoxy) is 2. The molecule has 136 valence electrons. The summed E-state index contributed by atoms with van der Waals surface area (Å²) >= 11 is 0. The van der Waals surface area contributed by atoms with E-state index in [4.69, 9.17) is 14.6 Å². The molecule has 2 unspecified atom stereocenters. The van der Waals surface area contributed by atoms with Crippen molar-refractivity contribution < 1.29 is 24.2 Å². The van der Waals surface area contributed by atoms with Gasteiger partial charge in [0.15, 0.2) is 0 Å². The number of aliphatic carboxylic acids is 1. The predicted molar refractivity (Wildman–Crippen MR) is 90.4 cm³/mol. The molecule has 3 rings (SSSR count). The normalized spacial score (nSPS) is 25.5. The number of carboxylic acid groups (broad SMARTS) is 1. The van der Waals surface area contributed by atoms with Crippen molar-refractivity contribution in [2.24, 2.45) is 5.92 Å². The lowest BCUT2D eigenvalue weighted by Gasteiger charge is -2.39. The first-order valence-electron chi connectivity index (χ1n) is 8.52. The first kappa shape index (κ1) is 17.7. The summed E-state index contributed by atoms with van der Waals surface area (Å²) < 4.78 is 11.4. The van der Waals surface area contributed by atoms with Gasteiger partial charge in [-0.05, 0) is 24.0 Å². The molecule has 0 radical (unpaired) electrons. The summed E-state index contributed by atoms with van der Waals surface area (Å²) in [5.74, 6) is -1.33. The minimum atomic E-state index is -0.851. The van der Waals surface area contributed by atoms with Crippen LogP contribution < -0.4 is 5.32 Å². The minimum Gasteiger partial charge on any atom is -0.481 e. The number of likely N-dealkylation sites (tertiary alicyclic amines) is 1. The van der Waals surface area contributed by atoms with Crippen molar-refractivity contribution in [1.82, 2.24) is 10.2 Å². The van der Waals surface area contributed by atoms with Crippen LogP contribution in [0.1, 0.15) is 17.5 Å². The fourth-order valence-corrected chi connectivity index (χ4v) is 3.64. The van der Waals surface area contributed by atoms with Gasteiger partial charge in [-0.15, -0.1) is 0 Å². The third kappa shape index (κ3) is 3.62. The van der Waals surface area contributed by atoms with Gasteiger partial charge in [0.2, 0.25) is 0 Å². The number of fused-ring (bicyclic) bond motifs is 1. The van der Waals surface area contributed by atoms with Crippen LogP contribution in [0.5, 0.6) is 0 Å². The van der Waals surface area contributed by atoms with E-state index in [1.807, 2.05) is 18.2 Å². The van der Waals surface area contributed by atoms with Gasteiger partial charge in [-0.2, -0.15) is 0 Å². The van der Waals surface area contributed by atoms with Gasteiger partial charge in [-0.25, -0.2) is 4.79 Å². The Kier molecular flexibility index (Phi) is 5.24. The van der Waals surface area contributed by atoms with Crippen molar-refractivity contribution in [3.63, 3.8) is 0 Å². The van der Waals surface area contributed by atoms with Gasteiger partial charge in [0.25, 0.3) is 0 Å². The van der Waals surface area contributed by atoms with E-state index in [9.17, 15) is 9.59 Å². The van der Waals surface area contributed by atoms with Crippen molar-refractivity contribution in [3.05, 3.63) is 35.4 Å². The lowest BCUT2D eigenvalue weighted by Crippen LogP contribution is -2.51. The Balaban J connectivity index is 1.70. The molecule has 1 aromatic rings. The number of urea groups is 1. The van der Waals surface area contributed by atoms with Gasteiger partial charge in [-0.3, -0.25) is 4.79 Å². The number of benzene rings is 1. The Bertz CT molecular complexity index is 650. The number of hydrogen-bond acceptors (Lipinski definition) is 4. The summed E-state index contributed by atoms with van der Waals surface area (Å²) in [5.41, 5.74) is 1.52. The van der Waals surface area contributed by atoms with Gasteiger partial charge in [-0.1, -0.05) is 24.3 Å². The molecule has 0 aliphatic carbocycles. The Morgan fingerprint density at radius 1 is 1.44 bits per heavy atom. The summed E-state index contributed by atoms with van der Waals surface area (Å²) in [7, 11) is 1.61. The number of carbonyl (C=O) groups excluding carboxylic acids is 1. The molecule has 0 saturated carbocycles. The van der Waals surface area contributed by atoms with Crippen LogP contribution in [0, 0.1) is 5.92 Å². The number of methoxy groups -OCH3 is 1. The number of hydrogen-bond donors (Lipinski definition) is 2. The zero-order valence-electron chi connectivity index (χ0n) is 14.4. The Morgan fingerprint density at radius 3 is 2.96 bits per heavy atom. The van der Waals surface area contributed by atoms with Crippen LogP contribution in [0.3, 0.4) is 0 Å². The van der Waals surface area contributed by atoms with E-state index in [1.165, 1.54) is 5.56 Å². The zero-order chi connectivity index (χ0) is 17.9. The van der Waals surface area contributed by atoms with Crippen molar-refractivity contribution in [2.45, 2.75) is 18.4 Å². The SMILES string of the molecule is COCC1(CNC(=O)N2CCC(C(=O)O)C2)OCCc2ccccc21. The number of nitrogens with one attached hydrogen (secondary N) is 1. The molecule has 1 fully saturated rings. The highest BCUT2D eigenvalue weighted by molar-refractivity contribution is 5.77. The molecule has 2 aliphatic rings. The monoisotopic (exact) mass is 348 g/mol. The van der Waals surface area contributed by atoms with Gasteiger partial charge >= 0.3 is 12.0 Å². The molecule has 2 N–H and O–H groups in total. The van der Waals surface area contributed by atoms with Crippen LogP contribution in [0.15, 0.2) is 24.3 Å². The van der Waals surface area contributed by atoms with Crippen molar-refractivity contribution in [3.8, 4) is 0 Å². The maximum Gasteiger partial charge on any atom is 0.317 e. The van der Waals surface area contributed by atoms with E-state index in [2.05, 4.69) is 11.4 Å². The van der Waals surface area contributed by atoms with E-state index in [-0.39, 0.29) is 19.1 Å². The highest BCUT2D eigenvalue weighted by atomic mass is 16.5. The van der Waals surface area contributed by atoms with Crippen LogP contribution >= 0.6 is 0 Å². The molecule has 0 aromatic heterocycles.